The zero-order valence-corrected chi connectivity index (χ0v) is 14.8. The lowest BCUT2D eigenvalue weighted by Crippen LogP contribution is -2.14. The summed E-state index contributed by atoms with van der Waals surface area (Å²) < 4.78 is 23.4. The number of benzene rings is 2. The Labute approximate surface area is 156 Å². The lowest BCUT2D eigenvalue weighted by molar-refractivity contribution is 0.102. The van der Waals surface area contributed by atoms with Gasteiger partial charge in [0.05, 0.1) is 31.8 Å². The lowest BCUT2D eigenvalue weighted by Gasteiger charge is -2.12. The molecule has 0 aliphatic rings. The predicted octanol–water partition coefficient (Wildman–Crippen LogP) is 4.23. The summed E-state index contributed by atoms with van der Waals surface area (Å²) in [6.45, 7) is 0. The van der Waals surface area contributed by atoms with Crippen LogP contribution in [-0.4, -0.2) is 25.1 Å². The molecule has 7 heteroatoms. The summed E-state index contributed by atoms with van der Waals surface area (Å²) in [5.74, 6) is 0.421. The van der Waals surface area contributed by atoms with Crippen molar-refractivity contribution in [1.82, 2.24) is 4.98 Å². The van der Waals surface area contributed by atoms with Crippen LogP contribution in [0, 0.1) is 5.82 Å². The van der Waals surface area contributed by atoms with Gasteiger partial charge in [-0.1, -0.05) is 0 Å². The molecule has 0 bridgehead atoms. The van der Waals surface area contributed by atoms with E-state index in [1.54, 1.807) is 49.6 Å². The molecule has 0 radical (unpaired) electrons. The average molecular weight is 367 g/mol. The Bertz CT molecular complexity index is 928. The Balaban J connectivity index is 1.71. The van der Waals surface area contributed by atoms with Crippen molar-refractivity contribution in [2.75, 3.05) is 24.9 Å². The van der Waals surface area contributed by atoms with Crippen molar-refractivity contribution in [1.29, 1.82) is 0 Å². The first-order chi connectivity index (χ1) is 13.1. The Morgan fingerprint density at radius 3 is 2.33 bits per heavy atom. The summed E-state index contributed by atoms with van der Waals surface area (Å²) in [6.07, 6.45) is 1.53. The molecular formula is C20H18FN3O3. The molecule has 0 unspecified atom stereocenters. The first-order valence-corrected chi connectivity index (χ1v) is 8.11. The number of amides is 1. The zero-order chi connectivity index (χ0) is 19.2. The highest BCUT2D eigenvalue weighted by atomic mass is 19.1. The third-order valence-electron chi connectivity index (χ3n) is 3.78. The third-order valence-corrected chi connectivity index (χ3v) is 3.78. The van der Waals surface area contributed by atoms with Gasteiger partial charge >= 0.3 is 0 Å². The normalized spacial score (nSPS) is 10.2. The van der Waals surface area contributed by atoms with Crippen LogP contribution in [0.25, 0.3) is 0 Å². The molecular weight excluding hydrogens is 349 g/mol. The van der Waals surface area contributed by atoms with E-state index in [-0.39, 0.29) is 17.4 Å². The zero-order valence-electron chi connectivity index (χ0n) is 14.8. The highest BCUT2D eigenvalue weighted by Crippen LogP contribution is 2.29. The standard InChI is InChI=1S/C20H18FN3O3/c1-26-16-8-10-19(27-2)18(11-16)24-20(25)17-9-7-15(12-22-17)23-14-5-3-13(21)4-6-14/h3-12,23H,1-2H3,(H,24,25). The number of methoxy groups -OCH3 is 2. The summed E-state index contributed by atoms with van der Waals surface area (Å²) in [6, 6.07) is 14.4. The van der Waals surface area contributed by atoms with E-state index in [2.05, 4.69) is 15.6 Å². The maximum atomic E-state index is 12.9. The molecule has 138 valence electrons. The molecule has 1 amide bonds. The van der Waals surface area contributed by atoms with Gasteiger partial charge in [-0.2, -0.15) is 0 Å². The van der Waals surface area contributed by atoms with E-state index in [0.29, 0.717) is 22.9 Å². The topological polar surface area (TPSA) is 72.5 Å². The molecule has 3 rings (SSSR count). The fourth-order valence-electron chi connectivity index (χ4n) is 2.40. The largest absolute Gasteiger partial charge is 0.497 e. The van der Waals surface area contributed by atoms with Gasteiger partial charge in [-0.25, -0.2) is 9.37 Å². The van der Waals surface area contributed by atoms with E-state index < -0.39 is 0 Å². The number of anilines is 3. The quantitative estimate of drug-likeness (QED) is 0.682. The summed E-state index contributed by atoms with van der Waals surface area (Å²) in [4.78, 5) is 16.6. The van der Waals surface area contributed by atoms with Crippen LogP contribution in [0.5, 0.6) is 11.5 Å². The van der Waals surface area contributed by atoms with Gasteiger partial charge in [0, 0.05) is 11.8 Å². The minimum absolute atomic E-state index is 0.240. The monoisotopic (exact) mass is 367 g/mol. The van der Waals surface area contributed by atoms with E-state index >= 15 is 0 Å². The second-order valence-electron chi connectivity index (χ2n) is 5.58. The highest BCUT2D eigenvalue weighted by molar-refractivity contribution is 6.03. The number of hydrogen-bond donors (Lipinski definition) is 2. The average Bonchev–Trinajstić information content (AvgIpc) is 2.70. The molecule has 3 aromatic rings. The van der Waals surface area contributed by atoms with E-state index in [1.165, 1.54) is 25.4 Å². The molecule has 0 saturated heterocycles. The maximum Gasteiger partial charge on any atom is 0.274 e. The number of nitrogens with zero attached hydrogens (tertiary/aromatic N) is 1. The Morgan fingerprint density at radius 1 is 0.963 bits per heavy atom. The second-order valence-corrected chi connectivity index (χ2v) is 5.58. The lowest BCUT2D eigenvalue weighted by atomic mass is 10.2. The molecule has 0 aliphatic carbocycles. The second kappa shape index (κ2) is 8.18. The number of carbonyl (C=O) groups excluding carboxylic acids is 1. The van der Waals surface area contributed by atoms with Gasteiger partial charge in [-0.15, -0.1) is 0 Å². The predicted molar refractivity (Wildman–Crippen MR) is 101 cm³/mol. The van der Waals surface area contributed by atoms with Crippen molar-refractivity contribution in [2.45, 2.75) is 0 Å². The molecule has 0 aliphatic heterocycles. The van der Waals surface area contributed by atoms with Crippen LogP contribution in [0.3, 0.4) is 0 Å². The van der Waals surface area contributed by atoms with Gasteiger partial charge in [0.2, 0.25) is 0 Å². The van der Waals surface area contributed by atoms with E-state index in [4.69, 9.17) is 9.47 Å². The molecule has 0 spiro atoms. The Kier molecular flexibility index (Phi) is 5.51. The van der Waals surface area contributed by atoms with Crippen LogP contribution in [0.4, 0.5) is 21.5 Å². The van der Waals surface area contributed by atoms with Gasteiger partial charge in [0.1, 0.15) is 23.0 Å². The number of aromatic nitrogens is 1. The Hall–Kier alpha value is -3.61. The SMILES string of the molecule is COc1ccc(OC)c(NC(=O)c2ccc(Nc3ccc(F)cc3)cn2)c1. The fraction of sp³-hybridized carbons (Fsp3) is 0.100. The van der Waals surface area contributed by atoms with Crippen LogP contribution < -0.4 is 20.1 Å². The number of rotatable bonds is 6. The van der Waals surface area contributed by atoms with Crippen LogP contribution in [0.2, 0.25) is 0 Å². The summed E-state index contributed by atoms with van der Waals surface area (Å²) in [5, 5.41) is 5.84. The molecule has 0 atom stereocenters. The summed E-state index contributed by atoms with van der Waals surface area (Å²) in [7, 11) is 3.06. The van der Waals surface area contributed by atoms with Crippen LogP contribution in [-0.2, 0) is 0 Å². The maximum absolute atomic E-state index is 12.9. The van der Waals surface area contributed by atoms with Crippen molar-refractivity contribution < 1.29 is 18.7 Å². The molecule has 0 fully saturated rings. The van der Waals surface area contributed by atoms with Crippen molar-refractivity contribution in [2.24, 2.45) is 0 Å². The summed E-state index contributed by atoms with van der Waals surface area (Å²) in [5.41, 5.74) is 2.12. The molecule has 0 saturated carbocycles. The number of halogens is 1. The van der Waals surface area contributed by atoms with Gasteiger partial charge in [-0.3, -0.25) is 4.79 Å². The van der Waals surface area contributed by atoms with Gasteiger partial charge in [0.25, 0.3) is 5.91 Å². The van der Waals surface area contributed by atoms with Crippen LogP contribution in [0.15, 0.2) is 60.8 Å². The number of hydrogen-bond acceptors (Lipinski definition) is 5. The molecule has 27 heavy (non-hydrogen) atoms. The number of nitrogens with one attached hydrogen (secondary N) is 2. The number of pyridine rings is 1. The van der Waals surface area contributed by atoms with E-state index in [1.807, 2.05) is 0 Å². The fourth-order valence-corrected chi connectivity index (χ4v) is 2.40. The minimum Gasteiger partial charge on any atom is -0.497 e. The van der Waals surface area contributed by atoms with Crippen molar-refractivity contribution in [3.05, 3.63) is 72.3 Å². The molecule has 6 nitrogen and oxygen atoms in total. The van der Waals surface area contributed by atoms with Crippen molar-refractivity contribution in [3.8, 4) is 11.5 Å². The van der Waals surface area contributed by atoms with E-state index in [0.717, 1.165) is 5.69 Å². The van der Waals surface area contributed by atoms with Crippen LogP contribution in [0.1, 0.15) is 10.5 Å². The first-order valence-electron chi connectivity index (χ1n) is 8.11. The van der Waals surface area contributed by atoms with Crippen molar-refractivity contribution in [3.63, 3.8) is 0 Å². The Morgan fingerprint density at radius 2 is 1.70 bits per heavy atom. The number of ether oxygens (including phenoxy) is 2. The molecule has 1 aromatic heterocycles. The third kappa shape index (κ3) is 4.52. The smallest absolute Gasteiger partial charge is 0.274 e. The minimum atomic E-state index is -0.380. The highest BCUT2D eigenvalue weighted by Gasteiger charge is 2.12. The van der Waals surface area contributed by atoms with Crippen LogP contribution >= 0.6 is 0 Å². The van der Waals surface area contributed by atoms with E-state index in [9.17, 15) is 9.18 Å². The van der Waals surface area contributed by atoms with Crippen molar-refractivity contribution >= 4 is 23.0 Å². The van der Waals surface area contributed by atoms with Gasteiger partial charge < -0.3 is 20.1 Å². The molecule has 2 N–H and O–H groups in total. The molecule has 2 aromatic carbocycles. The van der Waals surface area contributed by atoms with Gasteiger partial charge in [-0.05, 0) is 48.5 Å². The number of carbonyl (C=O) groups is 1. The first kappa shape index (κ1) is 18.2. The van der Waals surface area contributed by atoms with Gasteiger partial charge in [0.15, 0.2) is 0 Å². The summed E-state index contributed by atoms with van der Waals surface area (Å²) >= 11 is 0. The molecule has 1 heterocycles.